The van der Waals surface area contributed by atoms with Crippen molar-refractivity contribution in [2.75, 3.05) is 48.6 Å². The van der Waals surface area contributed by atoms with Gasteiger partial charge in [-0.3, -0.25) is 28.8 Å². The van der Waals surface area contributed by atoms with Gasteiger partial charge in [-0.2, -0.15) is 0 Å². The summed E-state index contributed by atoms with van der Waals surface area (Å²) in [6.45, 7) is 6.84. The zero-order valence-corrected chi connectivity index (χ0v) is 41.7. The summed E-state index contributed by atoms with van der Waals surface area (Å²) in [5, 5.41) is 10.6. The minimum Gasteiger partial charge on any atom is -0.496 e. The van der Waals surface area contributed by atoms with E-state index in [1.807, 2.05) is 30.3 Å². The molecule has 376 valence electrons. The summed E-state index contributed by atoms with van der Waals surface area (Å²) in [6.07, 6.45) is 7.63. The molecule has 69 heavy (non-hydrogen) atoms. The Labute approximate surface area is 406 Å². The second kappa shape index (κ2) is 27.5. The summed E-state index contributed by atoms with van der Waals surface area (Å²) in [4.78, 5) is 97.8. The van der Waals surface area contributed by atoms with Gasteiger partial charge in [-0.05, 0) is 67.1 Å². The van der Waals surface area contributed by atoms with E-state index in [0.717, 1.165) is 29.7 Å². The normalized spacial score (nSPS) is 16.7. The molecule has 0 saturated heterocycles. The average molecular weight is 957 g/mol. The lowest BCUT2D eigenvalue weighted by Gasteiger charge is -2.30. The van der Waals surface area contributed by atoms with Gasteiger partial charge >= 0.3 is 5.97 Å². The first-order chi connectivity index (χ1) is 33.0. The van der Waals surface area contributed by atoms with Crippen molar-refractivity contribution in [3.63, 3.8) is 0 Å². The first kappa shape index (κ1) is 55.1. The van der Waals surface area contributed by atoms with E-state index in [1.54, 1.807) is 43.4 Å². The molecular formula is C52H72N6O11. The molecule has 0 spiro atoms. The molecule has 3 aromatic rings. The maximum atomic E-state index is 14.2. The van der Waals surface area contributed by atoms with E-state index in [4.69, 9.17) is 18.9 Å². The Kier molecular flexibility index (Phi) is 22.0. The summed E-state index contributed by atoms with van der Waals surface area (Å²) in [5.74, 6) is -2.76. The zero-order valence-electron chi connectivity index (χ0n) is 41.7. The van der Waals surface area contributed by atoms with Gasteiger partial charge in [-0.1, -0.05) is 94.8 Å². The van der Waals surface area contributed by atoms with Crippen molar-refractivity contribution in [1.82, 2.24) is 31.1 Å². The second-order valence-corrected chi connectivity index (χ2v) is 17.9. The molecule has 1 heterocycles. The molecule has 0 aromatic heterocycles. The SMILES string of the molecule is COC(=O)[C@@H]1Cc2ccc(OC)c(c2)-c2cc(ccc2OC)[C@H](N(C)C(=O)CNC(=O)[C@@H](C)NC(=O)[C@@H](COCc2ccccc2)N(C)C(=O)CCCCCCCCC(C)C)C(=O)N[C@@H](C)C(=O)N1. The van der Waals surface area contributed by atoms with E-state index < -0.39 is 72.3 Å². The average Bonchev–Trinajstić information content (AvgIpc) is 3.34. The van der Waals surface area contributed by atoms with Crippen molar-refractivity contribution < 1.29 is 52.5 Å². The largest absolute Gasteiger partial charge is 0.496 e. The first-order valence-electron chi connectivity index (χ1n) is 23.7. The van der Waals surface area contributed by atoms with Gasteiger partial charge in [0.1, 0.15) is 41.7 Å². The molecule has 0 fully saturated rings. The van der Waals surface area contributed by atoms with Gasteiger partial charge < -0.3 is 50.0 Å². The fraction of sp³-hybridized carbons (Fsp3) is 0.519. The van der Waals surface area contributed by atoms with Crippen LogP contribution in [-0.4, -0.2) is 124 Å². The van der Waals surface area contributed by atoms with E-state index in [2.05, 4.69) is 35.1 Å². The number of benzene rings is 3. The third-order valence-corrected chi connectivity index (χ3v) is 12.3. The van der Waals surface area contributed by atoms with E-state index in [9.17, 15) is 33.6 Å². The minimum absolute atomic E-state index is 0.0610. The molecule has 4 N–H and O–H groups in total. The molecule has 6 amide bonds. The molecule has 0 saturated carbocycles. The number of carbonyl (C=O) groups is 7. The highest BCUT2D eigenvalue weighted by molar-refractivity contribution is 5.96. The molecule has 4 rings (SSSR count). The quantitative estimate of drug-likeness (QED) is 0.0732. The standard InChI is InChI=1S/C52H72N6O11/c1-33(2)19-15-12-10-11-13-18-22-45(59)57(5)42(32-69-31-36-20-16-14-17-21-36)50(63)54-34(3)48(61)53-30-46(60)58(6)47-38-24-26-44(67-8)40(29-38)39-27-37(23-25-43(39)66-7)28-41(52(65)68-9)56-49(62)35(4)55-51(47)64/h14,16-17,20-21,23-27,29,33-35,41-42,47H,10-13,15,18-19,22,28,30-32H2,1-9H3,(H,53,61)(H,54,63)(H,55,64)(H,56,62)/t34-,35+,41+,42-,47+/m1/s1. The lowest BCUT2D eigenvalue weighted by atomic mass is 9.93. The summed E-state index contributed by atoms with van der Waals surface area (Å²) in [5.41, 5.74) is 2.94. The number of unbranched alkanes of at least 4 members (excludes halogenated alkanes) is 5. The summed E-state index contributed by atoms with van der Waals surface area (Å²) < 4.78 is 22.3. The molecule has 4 bridgehead atoms. The highest BCUT2D eigenvalue weighted by Crippen LogP contribution is 2.39. The Morgan fingerprint density at radius 3 is 2.04 bits per heavy atom. The topological polar surface area (TPSA) is 211 Å². The molecule has 5 atom stereocenters. The van der Waals surface area contributed by atoms with Gasteiger partial charge in [-0.15, -0.1) is 0 Å². The smallest absolute Gasteiger partial charge is 0.328 e. The Bertz CT molecular complexity index is 2220. The van der Waals surface area contributed by atoms with Crippen LogP contribution in [0.1, 0.15) is 102 Å². The summed E-state index contributed by atoms with van der Waals surface area (Å²) in [6, 6.07) is 13.8. The van der Waals surface area contributed by atoms with Gasteiger partial charge in [0, 0.05) is 38.1 Å². The van der Waals surface area contributed by atoms with E-state index in [0.29, 0.717) is 46.1 Å². The fourth-order valence-corrected chi connectivity index (χ4v) is 8.05. The van der Waals surface area contributed by atoms with Gasteiger partial charge in [0.2, 0.25) is 35.4 Å². The van der Waals surface area contributed by atoms with Crippen molar-refractivity contribution in [1.29, 1.82) is 0 Å². The van der Waals surface area contributed by atoms with Gasteiger partial charge in [-0.25, -0.2) is 4.79 Å². The third kappa shape index (κ3) is 16.3. The lowest BCUT2D eigenvalue weighted by Crippen LogP contribution is -2.55. The highest BCUT2D eigenvalue weighted by Gasteiger charge is 2.34. The van der Waals surface area contributed by atoms with Crippen molar-refractivity contribution in [2.24, 2.45) is 5.92 Å². The molecule has 0 aliphatic carbocycles. The highest BCUT2D eigenvalue weighted by atomic mass is 16.5. The van der Waals surface area contributed by atoms with Crippen LogP contribution in [0.15, 0.2) is 66.7 Å². The van der Waals surface area contributed by atoms with Gasteiger partial charge in [0.15, 0.2) is 0 Å². The van der Waals surface area contributed by atoms with Crippen molar-refractivity contribution >= 4 is 41.4 Å². The molecule has 17 nitrogen and oxygen atoms in total. The van der Waals surface area contributed by atoms with Crippen LogP contribution in [0, 0.1) is 5.92 Å². The lowest BCUT2D eigenvalue weighted by molar-refractivity contribution is -0.145. The molecular weight excluding hydrogens is 885 g/mol. The fourth-order valence-electron chi connectivity index (χ4n) is 8.05. The van der Waals surface area contributed by atoms with Crippen LogP contribution in [0.5, 0.6) is 11.5 Å². The zero-order chi connectivity index (χ0) is 50.6. The summed E-state index contributed by atoms with van der Waals surface area (Å²) >= 11 is 0. The van der Waals surface area contributed by atoms with Crippen molar-refractivity contribution in [2.45, 2.75) is 122 Å². The van der Waals surface area contributed by atoms with Crippen molar-refractivity contribution in [3.8, 4) is 22.6 Å². The number of esters is 1. The number of hydrogen-bond acceptors (Lipinski definition) is 11. The van der Waals surface area contributed by atoms with Crippen LogP contribution in [0.25, 0.3) is 11.1 Å². The number of hydrogen-bond donors (Lipinski definition) is 4. The monoisotopic (exact) mass is 957 g/mol. The second-order valence-electron chi connectivity index (χ2n) is 17.9. The predicted octanol–water partition coefficient (Wildman–Crippen LogP) is 5.03. The number of methoxy groups -OCH3 is 3. The van der Waals surface area contributed by atoms with Crippen LogP contribution in [0.3, 0.4) is 0 Å². The molecule has 0 unspecified atom stereocenters. The minimum atomic E-state index is -1.35. The first-order valence-corrected chi connectivity index (χ1v) is 23.7. The van der Waals surface area contributed by atoms with Gasteiger partial charge in [0.05, 0.1) is 41.1 Å². The third-order valence-electron chi connectivity index (χ3n) is 12.3. The Balaban J connectivity index is 1.50. The van der Waals surface area contributed by atoms with E-state index in [-0.39, 0.29) is 32.0 Å². The number of fused-ring (bicyclic) bond motifs is 5. The molecule has 0 radical (unpaired) electrons. The number of amides is 6. The molecule has 1 aliphatic rings. The number of rotatable bonds is 23. The predicted molar refractivity (Wildman–Crippen MR) is 261 cm³/mol. The van der Waals surface area contributed by atoms with E-state index in [1.165, 1.54) is 66.4 Å². The number of nitrogens with zero attached hydrogens (tertiary/aromatic N) is 2. The molecule has 1 aliphatic heterocycles. The van der Waals surface area contributed by atoms with E-state index >= 15 is 0 Å². The van der Waals surface area contributed by atoms with Gasteiger partial charge in [0.25, 0.3) is 0 Å². The molecule has 3 aromatic carbocycles. The van der Waals surface area contributed by atoms with Crippen LogP contribution < -0.4 is 30.7 Å². The Morgan fingerprint density at radius 1 is 0.754 bits per heavy atom. The number of likely N-dealkylation sites (N-methyl/N-ethyl adjacent to an activating group) is 2. The number of nitrogens with one attached hydrogen (secondary N) is 4. The molecule has 17 heteroatoms. The van der Waals surface area contributed by atoms with Crippen molar-refractivity contribution in [3.05, 3.63) is 83.4 Å². The van der Waals surface area contributed by atoms with Crippen LogP contribution in [0.4, 0.5) is 0 Å². The summed E-state index contributed by atoms with van der Waals surface area (Å²) in [7, 11) is 7.13. The Morgan fingerprint density at radius 2 is 1.39 bits per heavy atom. The van der Waals surface area contributed by atoms with Crippen LogP contribution >= 0.6 is 0 Å². The van der Waals surface area contributed by atoms with Crippen LogP contribution in [0.2, 0.25) is 0 Å². The Hall–Kier alpha value is -6.49. The van der Waals surface area contributed by atoms with Crippen LogP contribution in [-0.2, 0) is 56.1 Å². The maximum Gasteiger partial charge on any atom is 0.328 e. The number of ether oxygens (including phenoxy) is 4. The number of carbonyl (C=O) groups excluding carboxylic acids is 7. The maximum absolute atomic E-state index is 14.2.